The summed E-state index contributed by atoms with van der Waals surface area (Å²) in [6.45, 7) is 10.7. The van der Waals surface area contributed by atoms with E-state index >= 15 is 0 Å². The molecule has 2 spiro atoms. The van der Waals surface area contributed by atoms with E-state index in [2.05, 4.69) is 27.4 Å². The van der Waals surface area contributed by atoms with Crippen LogP contribution in [0.25, 0.3) is 0 Å². The van der Waals surface area contributed by atoms with Gasteiger partial charge in [0, 0.05) is 17.3 Å². The second-order valence-electron chi connectivity index (χ2n) is 10.2. The molecule has 6 rings (SSSR count). The lowest BCUT2D eigenvalue weighted by molar-refractivity contribution is -0.301. The van der Waals surface area contributed by atoms with E-state index in [1.54, 1.807) is 0 Å². The van der Waals surface area contributed by atoms with Crippen molar-refractivity contribution in [1.82, 2.24) is 0 Å². The molecule has 3 heterocycles. The first kappa shape index (κ1) is 15.8. The molecule has 4 nitrogen and oxygen atoms in total. The van der Waals surface area contributed by atoms with Gasteiger partial charge >= 0.3 is 0 Å². The maximum atomic E-state index is 11.3. The Morgan fingerprint density at radius 3 is 2.62 bits per heavy atom. The Morgan fingerprint density at radius 2 is 1.92 bits per heavy atom. The molecule has 0 unspecified atom stereocenters. The topological polar surface area (TPSA) is 58.9 Å². The highest BCUT2D eigenvalue weighted by molar-refractivity contribution is 5.29. The first-order valence-electron chi connectivity index (χ1n) is 9.52. The molecule has 9 atom stereocenters. The van der Waals surface area contributed by atoms with Crippen LogP contribution in [0.4, 0.5) is 0 Å². The van der Waals surface area contributed by atoms with Crippen LogP contribution in [0.3, 0.4) is 0 Å². The maximum absolute atomic E-state index is 11.3. The lowest BCUT2D eigenvalue weighted by Gasteiger charge is -2.62. The molecule has 2 N–H and O–H groups in total. The number of aliphatic hydroxyl groups excluding tert-OH is 2. The lowest BCUT2D eigenvalue weighted by Crippen LogP contribution is -2.68. The van der Waals surface area contributed by atoms with Gasteiger partial charge in [0.2, 0.25) is 0 Å². The summed E-state index contributed by atoms with van der Waals surface area (Å²) in [5.74, 6) is 0.540. The van der Waals surface area contributed by atoms with E-state index in [-0.39, 0.29) is 46.6 Å². The molecule has 0 radical (unpaired) electrons. The molecular formula is C20H30O4. The predicted octanol–water partition coefficient (Wildman–Crippen LogP) is 2.63. The van der Waals surface area contributed by atoms with Gasteiger partial charge in [-0.25, -0.2) is 0 Å². The van der Waals surface area contributed by atoms with Crippen LogP contribution in [0.5, 0.6) is 0 Å². The molecule has 0 aromatic carbocycles. The fraction of sp³-hybridized carbons (Fsp3) is 0.900. The van der Waals surface area contributed by atoms with Crippen molar-refractivity contribution in [2.24, 2.45) is 28.1 Å². The number of allylic oxidation sites excluding steroid dienone is 1. The van der Waals surface area contributed by atoms with Crippen molar-refractivity contribution >= 4 is 0 Å². The Kier molecular flexibility index (Phi) is 2.82. The van der Waals surface area contributed by atoms with Crippen molar-refractivity contribution in [3.05, 3.63) is 12.7 Å². The van der Waals surface area contributed by atoms with Crippen molar-refractivity contribution < 1.29 is 19.7 Å². The van der Waals surface area contributed by atoms with E-state index < -0.39 is 11.7 Å². The number of ether oxygens (including phenoxy) is 2. The van der Waals surface area contributed by atoms with Crippen LogP contribution in [0.15, 0.2) is 12.7 Å². The molecule has 3 saturated heterocycles. The fourth-order valence-electron chi connectivity index (χ4n) is 7.77. The lowest BCUT2D eigenvalue weighted by atomic mass is 9.42. The third-order valence-corrected chi connectivity index (χ3v) is 8.37. The SMILES string of the molecule is C=C[C@@]1(C)CC[C@H]2[C@@]3(C1)O[C@@H]1O[C@H]([C@@H]3O)[C@H]3C(C)(C)C[C@H](O)C[C@@]132. The van der Waals surface area contributed by atoms with E-state index in [0.29, 0.717) is 0 Å². The molecule has 4 bridgehead atoms. The molecular weight excluding hydrogens is 304 g/mol. The molecule has 3 aliphatic heterocycles. The summed E-state index contributed by atoms with van der Waals surface area (Å²) in [6, 6.07) is 0. The van der Waals surface area contributed by atoms with Gasteiger partial charge in [0.05, 0.1) is 12.2 Å². The second kappa shape index (κ2) is 4.28. The molecule has 6 fully saturated rings. The van der Waals surface area contributed by atoms with Gasteiger partial charge < -0.3 is 19.7 Å². The second-order valence-corrected chi connectivity index (χ2v) is 10.2. The van der Waals surface area contributed by atoms with Crippen molar-refractivity contribution in [1.29, 1.82) is 0 Å². The number of rotatable bonds is 1. The zero-order valence-electron chi connectivity index (χ0n) is 15.0. The first-order chi connectivity index (χ1) is 11.2. The quantitative estimate of drug-likeness (QED) is 0.724. The van der Waals surface area contributed by atoms with Crippen LogP contribution in [0, 0.1) is 28.1 Å². The van der Waals surface area contributed by atoms with Gasteiger partial charge in [-0.1, -0.05) is 26.8 Å². The fourth-order valence-corrected chi connectivity index (χ4v) is 7.77. The summed E-state index contributed by atoms with van der Waals surface area (Å²) in [5.41, 5.74) is -0.686. The van der Waals surface area contributed by atoms with E-state index in [0.717, 1.165) is 32.1 Å². The average Bonchev–Trinajstić information content (AvgIpc) is 2.87. The van der Waals surface area contributed by atoms with Crippen LogP contribution in [-0.2, 0) is 9.47 Å². The van der Waals surface area contributed by atoms with E-state index in [1.807, 2.05) is 6.08 Å². The number of hydrogen-bond acceptors (Lipinski definition) is 4. The zero-order chi connectivity index (χ0) is 17.1. The largest absolute Gasteiger partial charge is 0.393 e. The Morgan fingerprint density at radius 1 is 1.17 bits per heavy atom. The van der Waals surface area contributed by atoms with E-state index in [1.165, 1.54) is 0 Å². The summed E-state index contributed by atoms with van der Waals surface area (Å²) in [6.07, 6.45) is 5.18. The van der Waals surface area contributed by atoms with Crippen LogP contribution >= 0.6 is 0 Å². The van der Waals surface area contributed by atoms with Gasteiger partial charge in [0.15, 0.2) is 6.29 Å². The van der Waals surface area contributed by atoms with Crippen molar-refractivity contribution in [2.75, 3.05) is 0 Å². The summed E-state index contributed by atoms with van der Waals surface area (Å²) in [5, 5.41) is 22.0. The van der Waals surface area contributed by atoms with Gasteiger partial charge in [-0.15, -0.1) is 6.58 Å². The van der Waals surface area contributed by atoms with Gasteiger partial charge in [-0.3, -0.25) is 0 Å². The molecule has 3 saturated carbocycles. The van der Waals surface area contributed by atoms with Crippen LogP contribution in [0.1, 0.15) is 52.9 Å². The molecule has 24 heavy (non-hydrogen) atoms. The summed E-state index contributed by atoms with van der Waals surface area (Å²) >= 11 is 0. The van der Waals surface area contributed by atoms with Gasteiger partial charge in [0.1, 0.15) is 11.7 Å². The molecule has 0 aromatic heterocycles. The van der Waals surface area contributed by atoms with Gasteiger partial charge in [-0.05, 0) is 42.9 Å². The molecule has 0 aromatic rings. The Bertz CT molecular complexity index is 602. The maximum Gasteiger partial charge on any atom is 0.165 e. The predicted molar refractivity (Wildman–Crippen MR) is 89.1 cm³/mol. The third kappa shape index (κ3) is 1.52. The van der Waals surface area contributed by atoms with Crippen LogP contribution in [-0.4, -0.2) is 40.4 Å². The zero-order valence-corrected chi connectivity index (χ0v) is 15.0. The highest BCUT2D eigenvalue weighted by Gasteiger charge is 2.83. The Balaban J connectivity index is 1.66. The molecule has 6 aliphatic rings. The average molecular weight is 334 g/mol. The van der Waals surface area contributed by atoms with Crippen molar-refractivity contribution in [3.63, 3.8) is 0 Å². The molecule has 4 heteroatoms. The summed E-state index contributed by atoms with van der Waals surface area (Å²) in [7, 11) is 0. The molecule has 134 valence electrons. The summed E-state index contributed by atoms with van der Waals surface area (Å²) in [4.78, 5) is 0. The normalized spacial score (nSPS) is 63.0. The summed E-state index contributed by atoms with van der Waals surface area (Å²) < 4.78 is 12.8. The van der Waals surface area contributed by atoms with Crippen molar-refractivity contribution in [3.8, 4) is 0 Å². The van der Waals surface area contributed by atoms with Crippen LogP contribution in [0.2, 0.25) is 0 Å². The van der Waals surface area contributed by atoms with E-state index in [4.69, 9.17) is 9.47 Å². The Hall–Kier alpha value is -0.420. The van der Waals surface area contributed by atoms with Crippen molar-refractivity contribution in [2.45, 2.75) is 83.1 Å². The van der Waals surface area contributed by atoms with Gasteiger partial charge in [-0.2, -0.15) is 0 Å². The van der Waals surface area contributed by atoms with E-state index in [9.17, 15) is 10.2 Å². The molecule has 0 amide bonds. The third-order valence-electron chi connectivity index (χ3n) is 8.37. The molecule has 3 aliphatic carbocycles. The standard InChI is InChI=1S/C20H30O4/c1-5-18(4)7-6-12-19-9-11(21)8-17(2,3)14(19)13-15(22)20(12,10-18)24-16(19)23-13/h5,11-16,21-22H,1,6-10H2,2-4H3/t11-,12+,13-,14-,15-,16-,18-,19-,20+/m0/s1. The van der Waals surface area contributed by atoms with Gasteiger partial charge in [0.25, 0.3) is 0 Å². The Labute approximate surface area is 144 Å². The minimum atomic E-state index is -0.575. The minimum Gasteiger partial charge on any atom is -0.393 e. The highest BCUT2D eigenvalue weighted by atomic mass is 16.7. The number of aliphatic hydroxyl groups is 2. The highest BCUT2D eigenvalue weighted by Crippen LogP contribution is 2.76. The first-order valence-corrected chi connectivity index (χ1v) is 9.52. The number of hydrogen-bond donors (Lipinski definition) is 2. The minimum absolute atomic E-state index is 0.00505. The van der Waals surface area contributed by atoms with Crippen LogP contribution < -0.4 is 0 Å². The smallest absolute Gasteiger partial charge is 0.165 e. The monoisotopic (exact) mass is 334 g/mol.